The number of amides is 1. The number of anilines is 1. The van der Waals surface area contributed by atoms with E-state index in [1.54, 1.807) is 0 Å². The molecule has 6 heteroatoms. The first-order valence-electron chi connectivity index (χ1n) is 4.57. The van der Waals surface area contributed by atoms with Gasteiger partial charge in [0.15, 0.2) is 0 Å². The molecule has 0 saturated heterocycles. The molecule has 0 unspecified atom stereocenters. The number of hydrogen-bond acceptors (Lipinski definition) is 2. The molecule has 1 aliphatic rings. The van der Waals surface area contributed by atoms with E-state index in [1.807, 2.05) is 0 Å². The Morgan fingerprint density at radius 3 is 2.62 bits per heavy atom. The van der Waals surface area contributed by atoms with E-state index in [0.29, 0.717) is 23.0 Å². The van der Waals surface area contributed by atoms with Crippen LogP contribution in [0.4, 0.5) is 10.1 Å². The number of halogens is 3. The van der Waals surface area contributed by atoms with E-state index in [4.69, 9.17) is 5.73 Å². The summed E-state index contributed by atoms with van der Waals surface area (Å²) in [4.78, 5) is 11.5. The Morgan fingerprint density at radius 2 is 2.12 bits per heavy atom. The first kappa shape index (κ1) is 13.4. The molecule has 1 aromatic rings. The minimum atomic E-state index is -0.707. The van der Waals surface area contributed by atoms with E-state index in [9.17, 15) is 9.18 Å². The van der Waals surface area contributed by atoms with Crippen LogP contribution >= 0.6 is 28.3 Å². The largest absolute Gasteiger partial charge is 0.324 e. The van der Waals surface area contributed by atoms with Crippen LogP contribution in [0.1, 0.15) is 12.8 Å². The molecule has 0 spiro atoms. The highest BCUT2D eigenvalue weighted by molar-refractivity contribution is 9.10. The molecule has 0 bridgehead atoms. The van der Waals surface area contributed by atoms with Crippen molar-refractivity contribution in [2.75, 3.05) is 5.32 Å². The quantitative estimate of drug-likeness (QED) is 0.881. The number of hydrogen-bond donors (Lipinski definition) is 2. The maximum Gasteiger partial charge on any atom is 0.244 e. The summed E-state index contributed by atoms with van der Waals surface area (Å²) in [6.07, 6.45) is 1.42. The molecular weight excluding hydrogens is 298 g/mol. The molecule has 1 saturated carbocycles. The van der Waals surface area contributed by atoms with Gasteiger partial charge < -0.3 is 11.1 Å². The van der Waals surface area contributed by atoms with Crippen LogP contribution in [0.5, 0.6) is 0 Å². The SMILES string of the molecule is Cl.NC1(C(=O)Nc2ccc(F)c(Br)c2)CC1. The summed E-state index contributed by atoms with van der Waals surface area (Å²) in [5.74, 6) is -0.567. The Balaban J connectivity index is 0.00000128. The molecule has 1 aliphatic carbocycles. The van der Waals surface area contributed by atoms with Crippen molar-refractivity contribution in [2.24, 2.45) is 5.73 Å². The highest BCUT2D eigenvalue weighted by Gasteiger charge is 2.45. The highest BCUT2D eigenvalue weighted by Crippen LogP contribution is 2.33. The fourth-order valence-corrected chi connectivity index (χ4v) is 1.57. The van der Waals surface area contributed by atoms with Gasteiger partial charge in [0.25, 0.3) is 0 Å². The second-order valence-corrected chi connectivity index (χ2v) is 4.59. The number of rotatable bonds is 2. The van der Waals surface area contributed by atoms with E-state index in [1.165, 1.54) is 18.2 Å². The van der Waals surface area contributed by atoms with Crippen LogP contribution in [-0.4, -0.2) is 11.4 Å². The number of nitrogens with one attached hydrogen (secondary N) is 1. The van der Waals surface area contributed by atoms with Crippen LogP contribution in [0.2, 0.25) is 0 Å². The lowest BCUT2D eigenvalue weighted by Gasteiger charge is -2.10. The van der Waals surface area contributed by atoms with E-state index >= 15 is 0 Å². The summed E-state index contributed by atoms with van der Waals surface area (Å²) in [5.41, 5.74) is 5.55. The summed E-state index contributed by atoms with van der Waals surface area (Å²) < 4.78 is 13.2. The van der Waals surface area contributed by atoms with Gasteiger partial charge in [-0.2, -0.15) is 0 Å². The van der Waals surface area contributed by atoms with Gasteiger partial charge in [0, 0.05) is 5.69 Å². The average Bonchev–Trinajstić information content (AvgIpc) is 2.92. The maximum absolute atomic E-state index is 12.9. The maximum atomic E-state index is 12.9. The number of carbonyl (C=O) groups is 1. The molecular formula is C10H11BrClFN2O. The second-order valence-electron chi connectivity index (χ2n) is 3.74. The van der Waals surface area contributed by atoms with Gasteiger partial charge in [-0.25, -0.2) is 4.39 Å². The smallest absolute Gasteiger partial charge is 0.244 e. The third-order valence-electron chi connectivity index (χ3n) is 2.42. The summed E-state index contributed by atoms with van der Waals surface area (Å²) >= 11 is 3.04. The zero-order chi connectivity index (χ0) is 11.1. The van der Waals surface area contributed by atoms with Crippen LogP contribution < -0.4 is 11.1 Å². The van der Waals surface area contributed by atoms with Crippen LogP contribution in [-0.2, 0) is 4.79 Å². The average molecular weight is 310 g/mol. The first-order valence-corrected chi connectivity index (χ1v) is 5.36. The molecule has 0 aromatic heterocycles. The Morgan fingerprint density at radius 1 is 1.50 bits per heavy atom. The summed E-state index contributed by atoms with van der Waals surface area (Å²) in [5, 5.41) is 2.65. The summed E-state index contributed by atoms with van der Waals surface area (Å²) in [6.45, 7) is 0. The Bertz CT molecular complexity index is 423. The standard InChI is InChI=1S/C10H10BrFN2O.ClH/c11-7-5-6(1-2-8(7)12)14-9(15)10(13)3-4-10;/h1-2,5H,3-4,13H2,(H,14,15);1H. The topological polar surface area (TPSA) is 55.1 Å². The van der Waals surface area contributed by atoms with Crippen LogP contribution in [0, 0.1) is 5.82 Å². The predicted octanol–water partition coefficient (Wildman–Crippen LogP) is 2.44. The predicted molar refractivity (Wildman–Crippen MR) is 66.1 cm³/mol. The fraction of sp³-hybridized carbons (Fsp3) is 0.300. The van der Waals surface area contributed by atoms with Crippen LogP contribution in [0.15, 0.2) is 22.7 Å². The van der Waals surface area contributed by atoms with E-state index < -0.39 is 5.54 Å². The van der Waals surface area contributed by atoms with E-state index in [2.05, 4.69) is 21.2 Å². The molecule has 3 N–H and O–H groups in total. The molecule has 0 heterocycles. The van der Waals surface area contributed by atoms with Crippen molar-refractivity contribution in [1.29, 1.82) is 0 Å². The molecule has 1 aromatic carbocycles. The molecule has 0 atom stereocenters. The zero-order valence-electron chi connectivity index (χ0n) is 8.30. The third-order valence-corrected chi connectivity index (χ3v) is 3.03. The molecule has 0 aliphatic heterocycles. The fourth-order valence-electron chi connectivity index (χ4n) is 1.19. The highest BCUT2D eigenvalue weighted by atomic mass is 79.9. The van der Waals surface area contributed by atoms with Crippen LogP contribution in [0.25, 0.3) is 0 Å². The van der Waals surface area contributed by atoms with Crippen molar-refractivity contribution < 1.29 is 9.18 Å². The monoisotopic (exact) mass is 308 g/mol. The Kier molecular flexibility index (Phi) is 3.93. The van der Waals surface area contributed by atoms with Gasteiger partial charge in [0.1, 0.15) is 5.82 Å². The number of nitrogens with two attached hydrogens (primary N) is 1. The van der Waals surface area contributed by atoms with E-state index in [0.717, 1.165) is 0 Å². The van der Waals surface area contributed by atoms with Crippen molar-refractivity contribution >= 4 is 39.9 Å². The van der Waals surface area contributed by atoms with Gasteiger partial charge in [-0.1, -0.05) is 0 Å². The molecule has 2 rings (SSSR count). The van der Waals surface area contributed by atoms with Crippen LogP contribution in [0.3, 0.4) is 0 Å². The van der Waals surface area contributed by atoms with Gasteiger partial charge in [-0.3, -0.25) is 4.79 Å². The lowest BCUT2D eigenvalue weighted by atomic mass is 10.2. The number of benzene rings is 1. The lowest BCUT2D eigenvalue weighted by molar-refractivity contribution is -0.118. The Hall–Kier alpha value is -0.650. The van der Waals surface area contributed by atoms with Gasteiger partial charge >= 0.3 is 0 Å². The van der Waals surface area contributed by atoms with Gasteiger partial charge in [-0.15, -0.1) is 12.4 Å². The third kappa shape index (κ3) is 2.72. The lowest BCUT2D eigenvalue weighted by Crippen LogP contribution is -2.37. The molecule has 16 heavy (non-hydrogen) atoms. The zero-order valence-corrected chi connectivity index (χ0v) is 10.7. The minimum absolute atomic E-state index is 0. The second kappa shape index (κ2) is 4.69. The van der Waals surface area contributed by atoms with Crippen molar-refractivity contribution in [3.63, 3.8) is 0 Å². The summed E-state index contributed by atoms with van der Waals surface area (Å²) in [6, 6.07) is 4.30. The number of carbonyl (C=O) groups excluding carboxylic acids is 1. The normalized spacial score (nSPS) is 16.2. The van der Waals surface area contributed by atoms with Crippen molar-refractivity contribution in [1.82, 2.24) is 0 Å². The van der Waals surface area contributed by atoms with Crippen molar-refractivity contribution in [3.8, 4) is 0 Å². The minimum Gasteiger partial charge on any atom is -0.324 e. The Labute approximate surface area is 107 Å². The van der Waals surface area contributed by atoms with Crippen molar-refractivity contribution in [3.05, 3.63) is 28.5 Å². The molecule has 1 fully saturated rings. The van der Waals surface area contributed by atoms with Gasteiger partial charge in [0.05, 0.1) is 10.0 Å². The van der Waals surface area contributed by atoms with Crippen molar-refractivity contribution in [2.45, 2.75) is 18.4 Å². The summed E-state index contributed by atoms with van der Waals surface area (Å²) in [7, 11) is 0. The molecule has 3 nitrogen and oxygen atoms in total. The van der Waals surface area contributed by atoms with Gasteiger partial charge in [0.2, 0.25) is 5.91 Å². The van der Waals surface area contributed by atoms with E-state index in [-0.39, 0.29) is 24.1 Å². The molecule has 1 amide bonds. The van der Waals surface area contributed by atoms with Gasteiger partial charge in [-0.05, 0) is 47.0 Å². The molecule has 0 radical (unpaired) electrons. The first-order chi connectivity index (χ1) is 7.01. The molecule has 88 valence electrons.